The molecule has 0 spiro atoms. The normalized spacial score (nSPS) is 24.0. The number of nitrogens with one attached hydrogen (secondary N) is 1. The third-order valence-corrected chi connectivity index (χ3v) is 2.79. The molecule has 0 saturated heterocycles. The molecule has 1 aromatic carbocycles. The highest BCUT2D eigenvalue weighted by atomic mass is 16.4. The number of aromatic nitrogens is 2. The minimum absolute atomic E-state index is 0.270. The van der Waals surface area contributed by atoms with Crippen LogP contribution in [-0.2, 0) is 0 Å². The lowest BCUT2D eigenvalue weighted by Crippen LogP contribution is -1.93. The van der Waals surface area contributed by atoms with Crippen molar-refractivity contribution in [2.45, 2.75) is 18.3 Å². The highest BCUT2D eigenvalue weighted by molar-refractivity contribution is 5.30. The van der Waals surface area contributed by atoms with Crippen molar-refractivity contribution in [3.05, 3.63) is 52.3 Å². The molecule has 3 rings (SSSR count). The molecule has 1 fully saturated rings. The van der Waals surface area contributed by atoms with Gasteiger partial charge in [0.2, 0.25) is 5.89 Å². The molecule has 1 saturated carbocycles. The number of hydrogen-bond acceptors (Lipinski definition) is 3. The summed E-state index contributed by atoms with van der Waals surface area (Å²) in [6, 6.07) is 10.2. The second kappa shape index (κ2) is 3.08. The monoisotopic (exact) mass is 202 g/mol. The van der Waals surface area contributed by atoms with E-state index < -0.39 is 5.76 Å². The van der Waals surface area contributed by atoms with Crippen LogP contribution in [0.3, 0.4) is 0 Å². The van der Waals surface area contributed by atoms with E-state index in [9.17, 15) is 4.79 Å². The Bertz CT molecular complexity index is 515. The number of rotatable bonds is 2. The van der Waals surface area contributed by atoms with Gasteiger partial charge in [-0.15, -0.1) is 5.10 Å². The molecule has 0 radical (unpaired) electrons. The van der Waals surface area contributed by atoms with Crippen molar-refractivity contribution < 1.29 is 4.42 Å². The van der Waals surface area contributed by atoms with Gasteiger partial charge in [-0.1, -0.05) is 30.3 Å². The quantitative estimate of drug-likeness (QED) is 0.805. The van der Waals surface area contributed by atoms with E-state index in [-0.39, 0.29) is 5.92 Å². The van der Waals surface area contributed by atoms with Gasteiger partial charge in [0.05, 0.1) is 0 Å². The lowest BCUT2D eigenvalue weighted by atomic mass is 10.1. The molecule has 1 N–H and O–H groups in total. The van der Waals surface area contributed by atoms with Crippen LogP contribution < -0.4 is 5.76 Å². The lowest BCUT2D eigenvalue weighted by molar-refractivity contribution is 0.461. The van der Waals surface area contributed by atoms with Crippen LogP contribution in [-0.4, -0.2) is 10.2 Å². The number of benzene rings is 1. The molecule has 0 aliphatic heterocycles. The molecule has 76 valence electrons. The van der Waals surface area contributed by atoms with Crippen LogP contribution in [0, 0.1) is 0 Å². The van der Waals surface area contributed by atoms with Crippen LogP contribution in [0.4, 0.5) is 0 Å². The zero-order chi connectivity index (χ0) is 10.3. The SMILES string of the molecule is O=c1[nH]nc([C@@H]2C[C@H]2c2ccccc2)o1. The fourth-order valence-corrected chi connectivity index (χ4v) is 1.94. The summed E-state index contributed by atoms with van der Waals surface area (Å²) in [5.74, 6) is 0.793. The summed E-state index contributed by atoms with van der Waals surface area (Å²) < 4.78 is 4.94. The van der Waals surface area contributed by atoms with E-state index in [4.69, 9.17) is 4.42 Å². The van der Waals surface area contributed by atoms with Gasteiger partial charge in [0.1, 0.15) is 0 Å². The maximum atomic E-state index is 10.8. The van der Waals surface area contributed by atoms with E-state index in [0.717, 1.165) is 6.42 Å². The van der Waals surface area contributed by atoms with Gasteiger partial charge >= 0.3 is 5.76 Å². The molecule has 2 aromatic rings. The molecule has 4 nitrogen and oxygen atoms in total. The smallest absolute Gasteiger partial charge is 0.392 e. The molecule has 0 bridgehead atoms. The van der Waals surface area contributed by atoms with Gasteiger partial charge in [-0.3, -0.25) is 0 Å². The van der Waals surface area contributed by atoms with Gasteiger partial charge in [-0.25, -0.2) is 9.89 Å². The van der Waals surface area contributed by atoms with Crippen molar-refractivity contribution >= 4 is 0 Å². The molecule has 1 aromatic heterocycles. The van der Waals surface area contributed by atoms with Crippen molar-refractivity contribution in [3.63, 3.8) is 0 Å². The Balaban J connectivity index is 1.83. The fraction of sp³-hybridized carbons (Fsp3) is 0.273. The van der Waals surface area contributed by atoms with Crippen LogP contribution >= 0.6 is 0 Å². The Morgan fingerprint density at radius 3 is 2.73 bits per heavy atom. The maximum Gasteiger partial charge on any atom is 0.434 e. The highest BCUT2D eigenvalue weighted by Crippen LogP contribution is 2.53. The van der Waals surface area contributed by atoms with Gasteiger partial charge in [0.25, 0.3) is 0 Å². The van der Waals surface area contributed by atoms with Gasteiger partial charge < -0.3 is 4.42 Å². The molecule has 0 unspecified atom stereocenters. The zero-order valence-corrected chi connectivity index (χ0v) is 8.01. The molecule has 4 heteroatoms. The molecule has 1 aliphatic carbocycles. The van der Waals surface area contributed by atoms with Crippen molar-refractivity contribution in [3.8, 4) is 0 Å². The molecule has 0 amide bonds. The third-order valence-electron chi connectivity index (χ3n) is 2.79. The standard InChI is InChI=1S/C11H10N2O2/c14-11-13-12-10(15-11)9-6-8(9)7-4-2-1-3-5-7/h1-5,8-9H,6H2,(H,13,14)/t8-,9+/m0/s1. The zero-order valence-electron chi connectivity index (χ0n) is 8.01. The number of aromatic amines is 1. The summed E-state index contributed by atoms with van der Waals surface area (Å²) in [5.41, 5.74) is 1.29. The molecule has 1 heterocycles. The number of hydrogen-bond donors (Lipinski definition) is 1. The average molecular weight is 202 g/mol. The first-order valence-corrected chi connectivity index (χ1v) is 4.95. The van der Waals surface area contributed by atoms with E-state index in [1.165, 1.54) is 5.56 Å². The van der Waals surface area contributed by atoms with E-state index in [0.29, 0.717) is 11.8 Å². The van der Waals surface area contributed by atoms with Crippen molar-refractivity contribution in [2.75, 3.05) is 0 Å². The molecule has 1 aliphatic rings. The van der Waals surface area contributed by atoms with Crippen LogP contribution in [0.25, 0.3) is 0 Å². The topological polar surface area (TPSA) is 58.9 Å². The fourth-order valence-electron chi connectivity index (χ4n) is 1.94. The third kappa shape index (κ3) is 1.48. The average Bonchev–Trinajstić information content (AvgIpc) is 2.96. The lowest BCUT2D eigenvalue weighted by Gasteiger charge is -1.95. The maximum absolute atomic E-state index is 10.8. The minimum atomic E-state index is -0.469. The van der Waals surface area contributed by atoms with Gasteiger partial charge in [-0.2, -0.15) is 0 Å². The Labute approximate surface area is 85.9 Å². The largest absolute Gasteiger partial charge is 0.434 e. The van der Waals surface area contributed by atoms with Crippen LogP contribution in [0.1, 0.15) is 29.7 Å². The predicted octanol–water partition coefficient (Wildman–Crippen LogP) is 1.63. The first-order chi connectivity index (χ1) is 7.34. The summed E-state index contributed by atoms with van der Waals surface area (Å²) >= 11 is 0. The molecule has 15 heavy (non-hydrogen) atoms. The second-order valence-corrected chi connectivity index (χ2v) is 3.81. The van der Waals surface area contributed by atoms with Crippen LogP contribution in [0.15, 0.2) is 39.5 Å². The molecular weight excluding hydrogens is 192 g/mol. The van der Waals surface area contributed by atoms with E-state index in [1.54, 1.807) is 0 Å². The van der Waals surface area contributed by atoms with Crippen LogP contribution in [0.5, 0.6) is 0 Å². The van der Waals surface area contributed by atoms with Gasteiger partial charge in [-0.05, 0) is 17.9 Å². The second-order valence-electron chi connectivity index (χ2n) is 3.81. The van der Waals surface area contributed by atoms with Gasteiger partial charge in [0, 0.05) is 5.92 Å². The molecule has 2 atom stereocenters. The first kappa shape index (κ1) is 8.47. The Morgan fingerprint density at radius 2 is 2.07 bits per heavy atom. The molecular formula is C11H10N2O2. The van der Waals surface area contributed by atoms with Crippen molar-refractivity contribution in [1.29, 1.82) is 0 Å². The Hall–Kier alpha value is -1.84. The minimum Gasteiger partial charge on any atom is -0.392 e. The van der Waals surface area contributed by atoms with E-state index >= 15 is 0 Å². The van der Waals surface area contributed by atoms with Crippen molar-refractivity contribution in [2.24, 2.45) is 0 Å². The first-order valence-electron chi connectivity index (χ1n) is 4.95. The summed E-state index contributed by atoms with van der Waals surface area (Å²) in [5, 5.41) is 6.14. The Morgan fingerprint density at radius 1 is 1.27 bits per heavy atom. The summed E-state index contributed by atoms with van der Waals surface area (Å²) in [7, 11) is 0. The Kier molecular flexibility index (Phi) is 1.74. The van der Waals surface area contributed by atoms with Crippen molar-refractivity contribution in [1.82, 2.24) is 10.2 Å². The summed E-state index contributed by atoms with van der Waals surface area (Å²) in [6.45, 7) is 0. The number of H-pyrrole nitrogens is 1. The van der Waals surface area contributed by atoms with E-state index in [2.05, 4.69) is 22.3 Å². The number of nitrogens with zero attached hydrogens (tertiary/aromatic N) is 1. The summed E-state index contributed by atoms with van der Waals surface area (Å²) in [4.78, 5) is 10.8. The van der Waals surface area contributed by atoms with E-state index in [1.807, 2.05) is 18.2 Å². The highest BCUT2D eigenvalue weighted by Gasteiger charge is 2.43. The van der Waals surface area contributed by atoms with Crippen LogP contribution in [0.2, 0.25) is 0 Å². The van der Waals surface area contributed by atoms with Gasteiger partial charge in [0.15, 0.2) is 0 Å². The summed E-state index contributed by atoms with van der Waals surface area (Å²) in [6.07, 6.45) is 1.01. The predicted molar refractivity (Wildman–Crippen MR) is 53.7 cm³/mol.